The number of carbonyl (C=O) groups is 1. The SMILES string of the molecule is Cc1ccc(C(=O)N2CC3(CC(OCC4CCOCC4)CS3)C2)cc1. The quantitative estimate of drug-likeness (QED) is 0.826. The monoisotopic (exact) mass is 361 g/mol. The third-order valence-corrected chi connectivity index (χ3v) is 7.20. The fraction of sp³-hybridized carbons (Fsp3) is 0.650. The molecular weight excluding hydrogens is 334 g/mol. The maximum absolute atomic E-state index is 12.6. The zero-order valence-electron chi connectivity index (χ0n) is 14.9. The number of ether oxygens (including phenoxy) is 2. The summed E-state index contributed by atoms with van der Waals surface area (Å²) in [6.45, 7) is 6.41. The minimum Gasteiger partial charge on any atom is -0.381 e. The molecule has 4 rings (SSSR count). The van der Waals surface area contributed by atoms with Crippen LogP contribution in [0, 0.1) is 12.8 Å². The number of thioether (sulfide) groups is 1. The van der Waals surface area contributed by atoms with Crippen LogP contribution in [-0.2, 0) is 9.47 Å². The van der Waals surface area contributed by atoms with E-state index in [9.17, 15) is 4.79 Å². The topological polar surface area (TPSA) is 38.8 Å². The van der Waals surface area contributed by atoms with Crippen molar-refractivity contribution in [2.45, 2.75) is 37.0 Å². The fourth-order valence-electron chi connectivity index (χ4n) is 3.99. The molecule has 1 aromatic carbocycles. The largest absolute Gasteiger partial charge is 0.381 e. The molecule has 3 saturated heterocycles. The maximum Gasteiger partial charge on any atom is 0.253 e. The van der Waals surface area contributed by atoms with E-state index in [4.69, 9.17) is 9.47 Å². The van der Waals surface area contributed by atoms with Gasteiger partial charge in [-0.2, -0.15) is 0 Å². The van der Waals surface area contributed by atoms with Gasteiger partial charge in [0.05, 0.1) is 10.9 Å². The Morgan fingerprint density at radius 3 is 2.72 bits per heavy atom. The van der Waals surface area contributed by atoms with Crippen molar-refractivity contribution in [2.75, 3.05) is 38.7 Å². The minimum atomic E-state index is 0.165. The summed E-state index contributed by atoms with van der Waals surface area (Å²) in [7, 11) is 0. The lowest BCUT2D eigenvalue weighted by molar-refractivity contribution is -0.0118. The summed E-state index contributed by atoms with van der Waals surface area (Å²) >= 11 is 2.00. The van der Waals surface area contributed by atoms with Crippen molar-refractivity contribution in [3.05, 3.63) is 35.4 Å². The molecule has 3 aliphatic heterocycles. The van der Waals surface area contributed by atoms with Crippen molar-refractivity contribution in [3.8, 4) is 0 Å². The molecule has 0 N–H and O–H groups in total. The molecule has 136 valence electrons. The lowest BCUT2D eigenvalue weighted by atomic mass is 9.92. The van der Waals surface area contributed by atoms with Crippen LogP contribution < -0.4 is 0 Å². The van der Waals surface area contributed by atoms with Crippen LogP contribution in [0.1, 0.15) is 35.2 Å². The van der Waals surface area contributed by atoms with Gasteiger partial charge in [-0.05, 0) is 44.2 Å². The molecule has 0 saturated carbocycles. The van der Waals surface area contributed by atoms with Gasteiger partial charge in [-0.1, -0.05) is 17.7 Å². The average Bonchev–Trinajstić information content (AvgIpc) is 3.04. The van der Waals surface area contributed by atoms with Crippen LogP contribution in [-0.4, -0.2) is 60.3 Å². The van der Waals surface area contributed by atoms with Crippen LogP contribution in [0.15, 0.2) is 24.3 Å². The molecule has 1 amide bonds. The minimum absolute atomic E-state index is 0.165. The van der Waals surface area contributed by atoms with Crippen molar-refractivity contribution in [2.24, 2.45) is 5.92 Å². The van der Waals surface area contributed by atoms with Crippen LogP contribution in [0.4, 0.5) is 0 Å². The molecule has 3 heterocycles. The summed E-state index contributed by atoms with van der Waals surface area (Å²) in [6, 6.07) is 7.88. The Bertz CT molecular complexity index is 606. The van der Waals surface area contributed by atoms with Crippen molar-refractivity contribution in [3.63, 3.8) is 0 Å². The van der Waals surface area contributed by atoms with Crippen molar-refractivity contribution in [1.82, 2.24) is 4.90 Å². The van der Waals surface area contributed by atoms with Gasteiger partial charge < -0.3 is 14.4 Å². The number of nitrogens with zero attached hydrogens (tertiary/aromatic N) is 1. The molecule has 25 heavy (non-hydrogen) atoms. The van der Waals surface area contributed by atoms with Gasteiger partial charge in [-0.3, -0.25) is 4.79 Å². The number of amides is 1. The number of hydrogen-bond acceptors (Lipinski definition) is 4. The molecule has 0 aliphatic carbocycles. The second kappa shape index (κ2) is 7.29. The Morgan fingerprint density at radius 2 is 2.00 bits per heavy atom. The standard InChI is InChI=1S/C20H27NO3S/c1-15-2-4-17(5-3-15)19(22)21-13-20(14-21)10-18(12-25-20)24-11-16-6-8-23-9-7-16/h2-5,16,18H,6-14H2,1H3. The van der Waals surface area contributed by atoms with E-state index in [0.717, 1.165) is 63.5 Å². The van der Waals surface area contributed by atoms with E-state index in [-0.39, 0.29) is 10.7 Å². The molecule has 3 aliphatic rings. The summed E-state index contributed by atoms with van der Waals surface area (Å²) in [5.41, 5.74) is 1.99. The molecule has 1 spiro atoms. The first-order valence-electron chi connectivity index (χ1n) is 9.33. The summed E-state index contributed by atoms with van der Waals surface area (Å²) < 4.78 is 11.8. The number of hydrogen-bond donors (Lipinski definition) is 0. The predicted molar refractivity (Wildman–Crippen MR) is 100 cm³/mol. The number of likely N-dealkylation sites (tertiary alicyclic amines) is 1. The van der Waals surface area contributed by atoms with E-state index < -0.39 is 0 Å². The Hall–Kier alpha value is -1.04. The van der Waals surface area contributed by atoms with Gasteiger partial charge in [0.2, 0.25) is 0 Å². The van der Waals surface area contributed by atoms with Gasteiger partial charge in [0.25, 0.3) is 5.91 Å². The summed E-state index contributed by atoms with van der Waals surface area (Å²) in [6.07, 6.45) is 3.69. The summed E-state index contributed by atoms with van der Waals surface area (Å²) in [5.74, 6) is 1.89. The Kier molecular flexibility index (Phi) is 5.07. The smallest absolute Gasteiger partial charge is 0.253 e. The van der Waals surface area contributed by atoms with Gasteiger partial charge in [0, 0.05) is 44.2 Å². The normalized spacial score (nSPS) is 26.0. The van der Waals surface area contributed by atoms with Crippen LogP contribution in [0.3, 0.4) is 0 Å². The lowest BCUT2D eigenvalue weighted by Crippen LogP contribution is -2.60. The lowest BCUT2D eigenvalue weighted by Gasteiger charge is -2.47. The molecule has 1 aromatic rings. The van der Waals surface area contributed by atoms with Gasteiger partial charge >= 0.3 is 0 Å². The Morgan fingerprint density at radius 1 is 1.28 bits per heavy atom. The first-order chi connectivity index (χ1) is 12.1. The van der Waals surface area contributed by atoms with Gasteiger partial charge in [0.15, 0.2) is 0 Å². The fourth-order valence-corrected chi connectivity index (χ4v) is 5.54. The third kappa shape index (κ3) is 3.88. The summed E-state index contributed by atoms with van der Waals surface area (Å²) in [4.78, 5) is 14.6. The van der Waals surface area contributed by atoms with Gasteiger partial charge in [0.1, 0.15) is 0 Å². The molecule has 0 radical (unpaired) electrons. The number of aryl methyl sites for hydroxylation is 1. The van der Waals surface area contributed by atoms with Gasteiger partial charge in [-0.25, -0.2) is 0 Å². The maximum atomic E-state index is 12.6. The zero-order chi connectivity index (χ0) is 17.3. The molecule has 3 fully saturated rings. The number of benzene rings is 1. The van der Waals surface area contributed by atoms with E-state index in [1.807, 2.05) is 47.9 Å². The zero-order valence-corrected chi connectivity index (χ0v) is 15.7. The molecule has 1 atom stereocenters. The highest BCUT2D eigenvalue weighted by molar-refractivity contribution is 8.01. The number of carbonyl (C=O) groups excluding carboxylic acids is 1. The van der Waals surface area contributed by atoms with Crippen molar-refractivity contribution < 1.29 is 14.3 Å². The molecule has 5 heteroatoms. The first kappa shape index (κ1) is 17.4. The highest BCUT2D eigenvalue weighted by Crippen LogP contribution is 2.46. The third-order valence-electron chi connectivity index (χ3n) is 5.63. The Balaban J connectivity index is 1.24. The first-order valence-corrected chi connectivity index (χ1v) is 10.3. The van der Waals surface area contributed by atoms with E-state index in [0.29, 0.717) is 12.0 Å². The van der Waals surface area contributed by atoms with Crippen molar-refractivity contribution >= 4 is 17.7 Å². The molecule has 0 aromatic heterocycles. The van der Waals surface area contributed by atoms with E-state index >= 15 is 0 Å². The van der Waals surface area contributed by atoms with E-state index in [2.05, 4.69) is 0 Å². The predicted octanol–water partition coefficient (Wildman–Crippen LogP) is 3.14. The Labute approximate surface area is 154 Å². The van der Waals surface area contributed by atoms with Crippen LogP contribution in [0.25, 0.3) is 0 Å². The summed E-state index contributed by atoms with van der Waals surface area (Å²) in [5, 5.41) is 0. The molecule has 4 nitrogen and oxygen atoms in total. The highest BCUT2D eigenvalue weighted by Gasteiger charge is 2.51. The van der Waals surface area contributed by atoms with E-state index in [1.165, 1.54) is 5.56 Å². The second-order valence-electron chi connectivity index (χ2n) is 7.74. The van der Waals surface area contributed by atoms with Crippen LogP contribution >= 0.6 is 11.8 Å². The average molecular weight is 362 g/mol. The molecular formula is C20H27NO3S. The molecule has 0 bridgehead atoms. The number of rotatable bonds is 4. The highest BCUT2D eigenvalue weighted by atomic mass is 32.2. The second-order valence-corrected chi connectivity index (χ2v) is 9.22. The van der Waals surface area contributed by atoms with Crippen LogP contribution in [0.5, 0.6) is 0 Å². The van der Waals surface area contributed by atoms with E-state index in [1.54, 1.807) is 0 Å². The van der Waals surface area contributed by atoms with Crippen molar-refractivity contribution in [1.29, 1.82) is 0 Å². The molecule has 1 unspecified atom stereocenters. The van der Waals surface area contributed by atoms with Crippen LogP contribution in [0.2, 0.25) is 0 Å². The van der Waals surface area contributed by atoms with Gasteiger partial charge in [-0.15, -0.1) is 11.8 Å².